The first-order valence-corrected chi connectivity index (χ1v) is 9.83. The van der Waals surface area contributed by atoms with Gasteiger partial charge >= 0.3 is 5.97 Å². The van der Waals surface area contributed by atoms with Crippen molar-refractivity contribution < 1.29 is 14.7 Å². The maximum Gasteiger partial charge on any atom is 0.308 e. The van der Waals surface area contributed by atoms with Crippen LogP contribution in [0.2, 0.25) is 0 Å². The predicted octanol–water partition coefficient (Wildman–Crippen LogP) is 3.53. The number of hydrogen-bond acceptors (Lipinski definition) is 4. The molecule has 7 nitrogen and oxygen atoms in total. The van der Waals surface area contributed by atoms with Gasteiger partial charge in [-0.15, -0.1) is 0 Å². The van der Waals surface area contributed by atoms with Crippen LogP contribution in [0.15, 0.2) is 36.5 Å². The molecule has 1 aliphatic heterocycles. The molecule has 3 heterocycles. The number of pyridine rings is 1. The first-order chi connectivity index (χ1) is 13.9. The summed E-state index contributed by atoms with van der Waals surface area (Å²) in [7, 11) is 0. The molecule has 0 spiro atoms. The van der Waals surface area contributed by atoms with Crippen molar-refractivity contribution in [1.29, 1.82) is 0 Å². The fourth-order valence-electron chi connectivity index (χ4n) is 3.89. The monoisotopic (exact) mass is 392 g/mol. The number of nitrogens with zero attached hydrogens (tertiary/aromatic N) is 4. The van der Waals surface area contributed by atoms with Crippen molar-refractivity contribution in [1.82, 2.24) is 19.7 Å². The smallest absolute Gasteiger partial charge is 0.308 e. The average molecular weight is 392 g/mol. The van der Waals surface area contributed by atoms with Crippen LogP contribution >= 0.6 is 0 Å². The zero-order valence-electron chi connectivity index (χ0n) is 16.8. The number of amides is 1. The summed E-state index contributed by atoms with van der Waals surface area (Å²) in [5, 5.41) is 14.4. The molecule has 1 amide bonds. The highest BCUT2D eigenvalue weighted by molar-refractivity contribution is 6.06. The number of aryl methyl sites for hydroxylation is 1. The average Bonchev–Trinajstić information content (AvgIpc) is 3.34. The molecule has 0 aliphatic carbocycles. The van der Waals surface area contributed by atoms with E-state index in [-0.39, 0.29) is 18.5 Å². The van der Waals surface area contributed by atoms with Crippen molar-refractivity contribution in [3.8, 4) is 11.3 Å². The molecule has 0 radical (unpaired) electrons. The van der Waals surface area contributed by atoms with Crippen molar-refractivity contribution in [3.05, 3.63) is 47.7 Å². The molecule has 1 fully saturated rings. The second-order valence-corrected chi connectivity index (χ2v) is 7.87. The lowest BCUT2D eigenvalue weighted by Crippen LogP contribution is -2.30. The van der Waals surface area contributed by atoms with Gasteiger partial charge in [0.2, 0.25) is 0 Å². The molecule has 4 rings (SSSR count). The summed E-state index contributed by atoms with van der Waals surface area (Å²) >= 11 is 0. The van der Waals surface area contributed by atoms with Crippen molar-refractivity contribution in [3.63, 3.8) is 0 Å². The summed E-state index contributed by atoms with van der Waals surface area (Å²) in [4.78, 5) is 31.1. The fourth-order valence-corrected chi connectivity index (χ4v) is 3.89. The van der Waals surface area contributed by atoms with E-state index in [0.29, 0.717) is 29.6 Å². The van der Waals surface area contributed by atoms with Crippen molar-refractivity contribution >= 4 is 22.9 Å². The number of aliphatic carboxylic acids is 1. The lowest BCUT2D eigenvalue weighted by Gasteiger charge is -2.17. The Kier molecular flexibility index (Phi) is 4.82. The Morgan fingerprint density at radius 2 is 2.00 bits per heavy atom. The second-order valence-electron chi connectivity index (χ2n) is 7.87. The number of likely N-dealkylation sites (tertiary alicyclic amines) is 1. The van der Waals surface area contributed by atoms with Gasteiger partial charge in [0, 0.05) is 24.7 Å². The van der Waals surface area contributed by atoms with E-state index in [4.69, 9.17) is 4.98 Å². The minimum absolute atomic E-state index is 0.0956. The number of fused-ring (bicyclic) bond motifs is 1. The Morgan fingerprint density at radius 3 is 2.66 bits per heavy atom. The van der Waals surface area contributed by atoms with Crippen LogP contribution in [0.25, 0.3) is 22.3 Å². The number of benzene rings is 1. The van der Waals surface area contributed by atoms with Gasteiger partial charge < -0.3 is 10.0 Å². The molecular formula is C22H24N4O3. The summed E-state index contributed by atoms with van der Waals surface area (Å²) in [6.45, 7) is 6.73. The molecule has 7 heteroatoms. The van der Waals surface area contributed by atoms with E-state index in [1.165, 1.54) is 0 Å². The number of carbonyl (C=O) groups excluding carboxylic acids is 1. The topological polar surface area (TPSA) is 88.3 Å². The molecule has 1 atom stereocenters. The summed E-state index contributed by atoms with van der Waals surface area (Å²) in [6, 6.07) is 9.84. The fraction of sp³-hybridized carbons (Fsp3) is 0.364. The van der Waals surface area contributed by atoms with Gasteiger partial charge in [-0.3, -0.25) is 9.59 Å². The lowest BCUT2D eigenvalue weighted by atomic mass is 10.0. The molecule has 0 saturated carbocycles. The highest BCUT2D eigenvalue weighted by Gasteiger charge is 2.32. The number of aromatic nitrogens is 3. The molecule has 0 bridgehead atoms. The van der Waals surface area contributed by atoms with Crippen molar-refractivity contribution in [2.75, 3.05) is 13.1 Å². The summed E-state index contributed by atoms with van der Waals surface area (Å²) in [5.74, 6) is -1.53. The third kappa shape index (κ3) is 3.37. The first-order valence-electron chi connectivity index (χ1n) is 9.83. The molecule has 1 aromatic carbocycles. The van der Waals surface area contributed by atoms with Crippen LogP contribution in [0.5, 0.6) is 0 Å². The SMILES string of the molecule is Cc1ccccc1-c1cc(C(=O)N2CCC(C(=O)O)C2)c2cnn(C(C)C)c2n1. The minimum atomic E-state index is -0.853. The van der Waals surface area contributed by atoms with E-state index in [1.54, 1.807) is 11.1 Å². The van der Waals surface area contributed by atoms with Crippen molar-refractivity contribution in [2.45, 2.75) is 33.2 Å². The second kappa shape index (κ2) is 7.31. The van der Waals surface area contributed by atoms with Crippen LogP contribution in [-0.2, 0) is 4.79 Å². The molecule has 29 heavy (non-hydrogen) atoms. The summed E-state index contributed by atoms with van der Waals surface area (Å²) < 4.78 is 1.82. The Balaban J connectivity index is 1.85. The van der Waals surface area contributed by atoms with Gasteiger partial charge in [0.25, 0.3) is 5.91 Å². The van der Waals surface area contributed by atoms with Gasteiger partial charge in [0.1, 0.15) is 0 Å². The Morgan fingerprint density at radius 1 is 1.24 bits per heavy atom. The number of carboxylic acid groups (broad SMARTS) is 1. The first kappa shape index (κ1) is 19.1. The van der Waals surface area contributed by atoms with Crippen LogP contribution in [0.1, 0.15) is 42.2 Å². The third-order valence-corrected chi connectivity index (χ3v) is 5.53. The van der Waals surface area contributed by atoms with Crippen LogP contribution in [0, 0.1) is 12.8 Å². The van der Waals surface area contributed by atoms with E-state index in [2.05, 4.69) is 5.10 Å². The predicted molar refractivity (Wildman–Crippen MR) is 110 cm³/mol. The van der Waals surface area contributed by atoms with Crippen LogP contribution in [0.4, 0.5) is 0 Å². The standard InChI is InChI=1S/C22H24N4O3/c1-13(2)26-20-18(11-23-26)17(21(27)25-9-8-15(12-25)22(28)29)10-19(24-20)16-7-5-4-6-14(16)3/h4-7,10-11,13,15H,8-9,12H2,1-3H3,(H,28,29). The normalized spacial score (nSPS) is 16.7. The Hall–Kier alpha value is -3.22. The maximum atomic E-state index is 13.3. The Labute approximate surface area is 169 Å². The molecule has 1 unspecified atom stereocenters. The van der Waals surface area contributed by atoms with Crippen molar-refractivity contribution in [2.24, 2.45) is 5.92 Å². The zero-order chi connectivity index (χ0) is 20.7. The zero-order valence-corrected chi connectivity index (χ0v) is 16.8. The number of carboxylic acids is 1. The van der Waals surface area contributed by atoms with Crippen LogP contribution < -0.4 is 0 Å². The largest absolute Gasteiger partial charge is 0.481 e. The molecule has 3 aromatic rings. The highest BCUT2D eigenvalue weighted by Crippen LogP contribution is 2.30. The summed E-state index contributed by atoms with van der Waals surface area (Å²) in [6.07, 6.45) is 2.16. The number of hydrogen-bond donors (Lipinski definition) is 1. The molecule has 150 valence electrons. The number of rotatable bonds is 4. The molecular weight excluding hydrogens is 368 g/mol. The summed E-state index contributed by atoms with van der Waals surface area (Å²) in [5.41, 5.74) is 3.94. The van der Waals surface area contributed by atoms with E-state index in [0.717, 1.165) is 16.8 Å². The minimum Gasteiger partial charge on any atom is -0.481 e. The van der Waals surface area contributed by atoms with E-state index in [1.807, 2.05) is 55.8 Å². The van der Waals surface area contributed by atoms with Gasteiger partial charge in [0.15, 0.2) is 5.65 Å². The van der Waals surface area contributed by atoms with E-state index >= 15 is 0 Å². The lowest BCUT2D eigenvalue weighted by molar-refractivity contribution is -0.141. The van der Waals surface area contributed by atoms with Gasteiger partial charge in [-0.1, -0.05) is 24.3 Å². The Bertz CT molecular complexity index is 1100. The number of carbonyl (C=O) groups is 2. The van der Waals surface area contributed by atoms with Gasteiger partial charge in [-0.2, -0.15) is 5.10 Å². The van der Waals surface area contributed by atoms with E-state index < -0.39 is 11.9 Å². The quantitative estimate of drug-likeness (QED) is 0.734. The van der Waals surface area contributed by atoms with Gasteiger partial charge in [-0.25, -0.2) is 9.67 Å². The van der Waals surface area contributed by atoms with E-state index in [9.17, 15) is 14.7 Å². The van der Waals surface area contributed by atoms with Gasteiger partial charge in [0.05, 0.1) is 28.8 Å². The van der Waals surface area contributed by atoms with Crippen LogP contribution in [-0.4, -0.2) is 49.7 Å². The molecule has 1 aliphatic rings. The third-order valence-electron chi connectivity index (χ3n) is 5.53. The van der Waals surface area contributed by atoms with Crippen LogP contribution in [0.3, 0.4) is 0 Å². The van der Waals surface area contributed by atoms with Gasteiger partial charge in [-0.05, 0) is 38.8 Å². The highest BCUT2D eigenvalue weighted by atomic mass is 16.4. The molecule has 1 saturated heterocycles. The molecule has 2 aromatic heterocycles. The maximum absolute atomic E-state index is 13.3. The molecule has 1 N–H and O–H groups in total.